The molecular weight excluding hydrogens is 338 g/mol. The number of rotatable bonds is 5. The zero-order valence-corrected chi connectivity index (χ0v) is 14.4. The number of hydrogen-bond acceptors (Lipinski definition) is 2. The van der Waals surface area contributed by atoms with Crippen LogP contribution in [0, 0.1) is 0 Å². The lowest BCUT2D eigenvalue weighted by Crippen LogP contribution is -2.29. The zero-order chi connectivity index (χ0) is 15.2. The molecular formula is C19H22BrNO. The highest BCUT2D eigenvalue weighted by atomic mass is 79.9. The van der Waals surface area contributed by atoms with E-state index in [0.717, 1.165) is 16.8 Å². The summed E-state index contributed by atoms with van der Waals surface area (Å²) >= 11 is 3.73. The summed E-state index contributed by atoms with van der Waals surface area (Å²) in [4.78, 5) is 2.53. The van der Waals surface area contributed by atoms with E-state index in [-0.39, 0.29) is 0 Å². The smallest absolute Gasteiger partial charge is 0.134 e. The van der Waals surface area contributed by atoms with Gasteiger partial charge in [-0.1, -0.05) is 48.9 Å². The summed E-state index contributed by atoms with van der Waals surface area (Å²) in [7, 11) is 0. The van der Waals surface area contributed by atoms with Crippen LogP contribution in [0.4, 0.5) is 0 Å². The summed E-state index contributed by atoms with van der Waals surface area (Å²) in [5, 5.41) is 0. The van der Waals surface area contributed by atoms with Crippen LogP contribution in [0.3, 0.4) is 0 Å². The molecule has 1 fully saturated rings. The van der Waals surface area contributed by atoms with Crippen LogP contribution in [-0.2, 0) is 13.2 Å². The van der Waals surface area contributed by atoms with E-state index < -0.39 is 0 Å². The summed E-state index contributed by atoms with van der Waals surface area (Å²) in [6.45, 7) is 4.03. The van der Waals surface area contributed by atoms with Gasteiger partial charge in [0.2, 0.25) is 0 Å². The van der Waals surface area contributed by atoms with E-state index in [1.807, 2.05) is 24.3 Å². The van der Waals surface area contributed by atoms with E-state index in [9.17, 15) is 0 Å². The van der Waals surface area contributed by atoms with Crippen molar-refractivity contribution in [2.45, 2.75) is 32.4 Å². The van der Waals surface area contributed by atoms with Crippen molar-refractivity contribution >= 4 is 15.9 Å². The molecule has 22 heavy (non-hydrogen) atoms. The first-order valence-electron chi connectivity index (χ1n) is 7.99. The van der Waals surface area contributed by atoms with Gasteiger partial charge in [0.1, 0.15) is 12.4 Å². The molecule has 116 valence electrons. The SMILES string of the molecule is Brc1c(CN2CCCCC2)cccc1OCc1ccccc1. The van der Waals surface area contributed by atoms with Gasteiger partial charge in [0.05, 0.1) is 4.47 Å². The van der Waals surface area contributed by atoms with E-state index in [1.165, 1.54) is 43.5 Å². The second kappa shape index (κ2) is 7.80. The van der Waals surface area contributed by atoms with Gasteiger partial charge in [-0.25, -0.2) is 0 Å². The molecule has 1 saturated heterocycles. The largest absolute Gasteiger partial charge is 0.488 e. The lowest BCUT2D eigenvalue weighted by atomic mass is 10.1. The Morgan fingerprint density at radius 3 is 2.45 bits per heavy atom. The third-order valence-corrected chi connectivity index (χ3v) is 5.02. The van der Waals surface area contributed by atoms with Crippen molar-refractivity contribution in [3.8, 4) is 5.75 Å². The molecule has 0 aliphatic carbocycles. The van der Waals surface area contributed by atoms with Crippen molar-refractivity contribution in [1.82, 2.24) is 4.90 Å². The lowest BCUT2D eigenvalue weighted by Gasteiger charge is -2.27. The minimum Gasteiger partial charge on any atom is -0.488 e. The van der Waals surface area contributed by atoms with Crippen LogP contribution in [-0.4, -0.2) is 18.0 Å². The van der Waals surface area contributed by atoms with Gasteiger partial charge in [0.15, 0.2) is 0 Å². The van der Waals surface area contributed by atoms with E-state index in [0.29, 0.717) is 6.61 Å². The molecule has 1 heterocycles. The number of halogens is 1. The minimum atomic E-state index is 0.604. The van der Waals surface area contributed by atoms with Crippen LogP contribution >= 0.6 is 15.9 Å². The van der Waals surface area contributed by atoms with Crippen LogP contribution in [0.5, 0.6) is 5.75 Å². The summed E-state index contributed by atoms with van der Waals surface area (Å²) in [5.41, 5.74) is 2.50. The number of benzene rings is 2. The Morgan fingerprint density at radius 2 is 1.68 bits per heavy atom. The van der Waals surface area contributed by atoms with Crippen molar-refractivity contribution in [2.24, 2.45) is 0 Å². The average molecular weight is 360 g/mol. The predicted octanol–water partition coefficient (Wildman–Crippen LogP) is 5.01. The normalized spacial score (nSPS) is 15.7. The molecule has 3 heteroatoms. The maximum Gasteiger partial charge on any atom is 0.134 e. The van der Waals surface area contributed by atoms with Gasteiger partial charge in [-0.2, -0.15) is 0 Å². The average Bonchev–Trinajstić information content (AvgIpc) is 2.58. The summed E-state index contributed by atoms with van der Waals surface area (Å²) in [6.07, 6.45) is 4.02. The Balaban J connectivity index is 1.66. The number of ether oxygens (including phenoxy) is 1. The fourth-order valence-corrected chi connectivity index (χ4v) is 3.39. The second-order valence-corrected chi connectivity index (χ2v) is 6.63. The fraction of sp³-hybridized carbons (Fsp3) is 0.368. The highest BCUT2D eigenvalue weighted by molar-refractivity contribution is 9.10. The van der Waals surface area contributed by atoms with Crippen LogP contribution in [0.2, 0.25) is 0 Å². The van der Waals surface area contributed by atoms with Crippen molar-refractivity contribution in [3.63, 3.8) is 0 Å². The maximum absolute atomic E-state index is 5.99. The third-order valence-electron chi connectivity index (χ3n) is 4.12. The maximum atomic E-state index is 5.99. The van der Waals surface area contributed by atoms with Gasteiger partial charge in [0, 0.05) is 6.54 Å². The molecule has 2 aromatic rings. The Kier molecular flexibility index (Phi) is 5.52. The summed E-state index contributed by atoms with van der Waals surface area (Å²) in [5.74, 6) is 0.929. The van der Waals surface area contributed by atoms with Gasteiger partial charge in [-0.3, -0.25) is 4.90 Å². The molecule has 0 spiro atoms. The van der Waals surface area contributed by atoms with Crippen molar-refractivity contribution in [2.75, 3.05) is 13.1 Å². The van der Waals surface area contributed by atoms with Crippen molar-refractivity contribution in [1.29, 1.82) is 0 Å². The fourth-order valence-electron chi connectivity index (χ4n) is 2.88. The molecule has 2 aromatic carbocycles. The number of piperidine rings is 1. The second-order valence-electron chi connectivity index (χ2n) is 5.84. The first-order chi connectivity index (χ1) is 10.8. The zero-order valence-electron chi connectivity index (χ0n) is 12.8. The molecule has 2 nitrogen and oxygen atoms in total. The van der Waals surface area contributed by atoms with Gasteiger partial charge >= 0.3 is 0 Å². The Hall–Kier alpha value is -1.32. The number of nitrogens with zero attached hydrogens (tertiary/aromatic N) is 1. The standard InChI is InChI=1S/C19H22BrNO/c20-19-17(14-21-12-5-2-6-13-21)10-7-11-18(19)22-15-16-8-3-1-4-9-16/h1,3-4,7-11H,2,5-6,12-15H2. The molecule has 0 aromatic heterocycles. The summed E-state index contributed by atoms with van der Waals surface area (Å²) < 4.78 is 7.08. The highest BCUT2D eigenvalue weighted by Crippen LogP contribution is 2.30. The Bertz CT molecular complexity index is 594. The number of likely N-dealkylation sites (tertiary alicyclic amines) is 1. The molecule has 1 aliphatic heterocycles. The van der Waals surface area contributed by atoms with Gasteiger partial charge in [-0.15, -0.1) is 0 Å². The first-order valence-corrected chi connectivity index (χ1v) is 8.79. The third kappa shape index (κ3) is 4.11. The van der Waals surface area contributed by atoms with Gasteiger partial charge in [0.25, 0.3) is 0 Å². The molecule has 0 bridgehead atoms. The molecule has 0 radical (unpaired) electrons. The molecule has 1 aliphatic rings. The molecule has 0 N–H and O–H groups in total. The number of hydrogen-bond donors (Lipinski definition) is 0. The minimum absolute atomic E-state index is 0.604. The first kappa shape index (κ1) is 15.6. The van der Waals surface area contributed by atoms with Crippen molar-refractivity contribution in [3.05, 3.63) is 64.1 Å². The lowest BCUT2D eigenvalue weighted by molar-refractivity contribution is 0.220. The molecule has 3 rings (SSSR count). The monoisotopic (exact) mass is 359 g/mol. The van der Waals surface area contributed by atoms with Crippen LogP contribution in [0.1, 0.15) is 30.4 Å². The topological polar surface area (TPSA) is 12.5 Å². The van der Waals surface area contributed by atoms with E-state index >= 15 is 0 Å². The van der Waals surface area contributed by atoms with Crippen LogP contribution in [0.25, 0.3) is 0 Å². The highest BCUT2D eigenvalue weighted by Gasteiger charge is 2.14. The van der Waals surface area contributed by atoms with E-state index in [1.54, 1.807) is 0 Å². The molecule has 0 saturated carbocycles. The summed E-state index contributed by atoms with van der Waals surface area (Å²) in [6, 6.07) is 16.6. The van der Waals surface area contributed by atoms with E-state index in [4.69, 9.17) is 4.74 Å². The quantitative estimate of drug-likeness (QED) is 0.743. The van der Waals surface area contributed by atoms with Crippen LogP contribution in [0.15, 0.2) is 53.0 Å². The Morgan fingerprint density at radius 1 is 0.909 bits per heavy atom. The predicted molar refractivity (Wildman–Crippen MR) is 94.0 cm³/mol. The van der Waals surface area contributed by atoms with Gasteiger partial charge in [-0.05, 0) is 59.1 Å². The van der Waals surface area contributed by atoms with E-state index in [2.05, 4.69) is 45.1 Å². The molecule has 0 amide bonds. The molecule has 0 unspecified atom stereocenters. The Labute approximate surface area is 141 Å². The van der Waals surface area contributed by atoms with Gasteiger partial charge < -0.3 is 4.74 Å². The molecule has 0 atom stereocenters. The van der Waals surface area contributed by atoms with Crippen LogP contribution < -0.4 is 4.74 Å². The van der Waals surface area contributed by atoms with Crippen molar-refractivity contribution < 1.29 is 4.74 Å².